The lowest BCUT2D eigenvalue weighted by Crippen LogP contribution is -2.46. The van der Waals surface area contributed by atoms with Crippen molar-refractivity contribution in [3.05, 3.63) is 18.6 Å². The minimum absolute atomic E-state index is 0.0259. The first-order valence-electron chi connectivity index (χ1n) is 10.4. The van der Waals surface area contributed by atoms with Crippen molar-refractivity contribution in [3.63, 3.8) is 0 Å². The third kappa shape index (κ3) is 4.08. The highest BCUT2D eigenvalue weighted by Gasteiger charge is 2.55. The number of aldehydes is 1. The third-order valence-electron chi connectivity index (χ3n) is 6.69. The average molecular weight is 384 g/mol. The van der Waals surface area contributed by atoms with Gasteiger partial charge in [-0.3, -0.25) is 14.6 Å². The van der Waals surface area contributed by atoms with E-state index in [1.807, 2.05) is 0 Å². The fraction of sp³-hybridized carbons (Fsp3) is 0.667. The van der Waals surface area contributed by atoms with Crippen LogP contribution in [0.3, 0.4) is 0 Å². The van der Waals surface area contributed by atoms with Crippen LogP contribution in [0, 0.1) is 17.3 Å². The molecule has 4 rings (SSSR count). The molecule has 150 valence electrons. The first-order valence-corrected chi connectivity index (χ1v) is 10.4. The van der Waals surface area contributed by atoms with E-state index >= 15 is 0 Å². The van der Waals surface area contributed by atoms with Crippen molar-refractivity contribution in [2.24, 2.45) is 17.3 Å². The molecule has 0 bridgehead atoms. The molecule has 2 aliphatic carbocycles. The van der Waals surface area contributed by atoms with Crippen LogP contribution in [0.25, 0.3) is 0 Å². The number of hydrogen-bond donors (Lipinski definition) is 1. The van der Waals surface area contributed by atoms with Crippen LogP contribution < -0.4 is 5.32 Å². The van der Waals surface area contributed by atoms with Gasteiger partial charge in [0, 0.05) is 31.3 Å². The molecule has 3 fully saturated rings. The van der Waals surface area contributed by atoms with Crippen molar-refractivity contribution in [2.75, 3.05) is 11.9 Å². The number of aromatic nitrogens is 2. The number of nitrogens with one attached hydrogen (secondary N) is 1. The lowest BCUT2D eigenvalue weighted by Gasteiger charge is -2.28. The summed E-state index contributed by atoms with van der Waals surface area (Å²) in [5.41, 5.74) is 0.0963. The topological polar surface area (TPSA) is 92.3 Å². The molecule has 1 saturated heterocycles. The molecule has 1 aromatic heterocycles. The predicted octanol–water partition coefficient (Wildman–Crippen LogP) is 2.58. The van der Waals surface area contributed by atoms with Gasteiger partial charge >= 0.3 is 0 Å². The first-order chi connectivity index (χ1) is 13.6. The van der Waals surface area contributed by atoms with Gasteiger partial charge < -0.3 is 15.0 Å². The summed E-state index contributed by atoms with van der Waals surface area (Å²) >= 11 is 0. The summed E-state index contributed by atoms with van der Waals surface area (Å²) < 4.78 is 0. The largest absolute Gasteiger partial charge is 0.330 e. The van der Waals surface area contributed by atoms with Crippen LogP contribution in [-0.2, 0) is 14.4 Å². The molecular formula is C21H28N4O3. The van der Waals surface area contributed by atoms with E-state index in [-0.39, 0.29) is 29.6 Å². The fourth-order valence-corrected chi connectivity index (χ4v) is 4.93. The SMILES string of the molecule is O=CCC(CC1CCCC1)C(=O)N1CC2(CC2)CC1C(=O)Nc1cnccn1. The summed E-state index contributed by atoms with van der Waals surface area (Å²) in [7, 11) is 0. The fourth-order valence-electron chi connectivity index (χ4n) is 4.93. The molecule has 2 heterocycles. The highest BCUT2D eigenvalue weighted by molar-refractivity contribution is 5.97. The number of hydrogen-bond acceptors (Lipinski definition) is 5. The van der Waals surface area contributed by atoms with Crippen molar-refractivity contribution in [2.45, 2.75) is 63.8 Å². The van der Waals surface area contributed by atoms with Gasteiger partial charge in [-0.15, -0.1) is 0 Å². The molecule has 3 aliphatic rings. The van der Waals surface area contributed by atoms with Crippen molar-refractivity contribution >= 4 is 23.9 Å². The molecule has 7 heteroatoms. The summed E-state index contributed by atoms with van der Waals surface area (Å²) in [6.45, 7) is 0.629. The minimum atomic E-state index is -0.491. The molecule has 1 N–H and O–H groups in total. The molecule has 2 saturated carbocycles. The number of likely N-dealkylation sites (tertiary alicyclic amines) is 1. The summed E-state index contributed by atoms with van der Waals surface area (Å²) in [5, 5.41) is 2.80. The van der Waals surface area contributed by atoms with E-state index in [1.54, 1.807) is 11.1 Å². The number of amides is 2. The van der Waals surface area contributed by atoms with Gasteiger partial charge in [0.15, 0.2) is 5.82 Å². The summed E-state index contributed by atoms with van der Waals surface area (Å²) in [6, 6.07) is -0.491. The normalized spacial score (nSPS) is 24.3. The van der Waals surface area contributed by atoms with Gasteiger partial charge in [-0.25, -0.2) is 4.98 Å². The van der Waals surface area contributed by atoms with Gasteiger partial charge in [-0.05, 0) is 37.0 Å². The van der Waals surface area contributed by atoms with E-state index in [1.165, 1.54) is 25.2 Å². The Balaban J connectivity index is 1.48. The standard InChI is InChI=1S/C21H28N4O3/c26-10-5-16(11-15-3-1-2-4-15)20(28)25-14-21(6-7-21)12-17(25)19(27)24-18-13-22-8-9-23-18/h8-10,13,15-17H,1-7,11-12,14H2,(H,23,24,27). The molecule has 7 nitrogen and oxygen atoms in total. The molecule has 1 aliphatic heterocycles. The van der Waals surface area contributed by atoms with E-state index in [2.05, 4.69) is 15.3 Å². The molecule has 1 aromatic rings. The Labute approximate surface area is 165 Å². The Morgan fingerprint density at radius 2 is 2.07 bits per heavy atom. The smallest absolute Gasteiger partial charge is 0.248 e. The van der Waals surface area contributed by atoms with Crippen LogP contribution in [0.5, 0.6) is 0 Å². The van der Waals surface area contributed by atoms with Crippen molar-refractivity contribution in [1.29, 1.82) is 0 Å². The second-order valence-corrected chi connectivity index (χ2v) is 8.75. The summed E-state index contributed by atoms with van der Waals surface area (Å²) in [6.07, 6.45) is 14.0. The maximum Gasteiger partial charge on any atom is 0.248 e. The molecule has 0 radical (unpaired) electrons. The minimum Gasteiger partial charge on any atom is -0.330 e. The number of rotatable bonds is 7. The Morgan fingerprint density at radius 3 is 2.71 bits per heavy atom. The van der Waals surface area contributed by atoms with Crippen molar-refractivity contribution in [1.82, 2.24) is 14.9 Å². The molecule has 2 amide bonds. The zero-order valence-electron chi connectivity index (χ0n) is 16.2. The maximum absolute atomic E-state index is 13.4. The van der Waals surface area contributed by atoms with Gasteiger partial charge in [-0.1, -0.05) is 25.7 Å². The predicted molar refractivity (Wildman–Crippen MR) is 103 cm³/mol. The van der Waals surface area contributed by atoms with E-state index in [0.717, 1.165) is 38.4 Å². The first kappa shape index (κ1) is 19.0. The van der Waals surface area contributed by atoms with E-state index in [4.69, 9.17) is 0 Å². The van der Waals surface area contributed by atoms with Crippen LogP contribution in [0.4, 0.5) is 5.82 Å². The second kappa shape index (κ2) is 7.97. The molecule has 1 spiro atoms. The van der Waals surface area contributed by atoms with Crippen molar-refractivity contribution in [3.8, 4) is 0 Å². The molecule has 2 unspecified atom stereocenters. The Kier molecular flexibility index (Phi) is 5.42. The van der Waals surface area contributed by atoms with Crippen LogP contribution in [0.2, 0.25) is 0 Å². The van der Waals surface area contributed by atoms with Crippen LogP contribution >= 0.6 is 0 Å². The van der Waals surface area contributed by atoms with Gasteiger partial charge in [-0.2, -0.15) is 0 Å². The van der Waals surface area contributed by atoms with Gasteiger partial charge in [0.25, 0.3) is 0 Å². The number of anilines is 1. The summed E-state index contributed by atoms with van der Waals surface area (Å²) in [4.78, 5) is 47.4. The zero-order chi connectivity index (χ0) is 19.6. The zero-order valence-corrected chi connectivity index (χ0v) is 16.2. The Morgan fingerprint density at radius 1 is 1.29 bits per heavy atom. The molecule has 2 atom stereocenters. The highest BCUT2D eigenvalue weighted by atomic mass is 16.2. The van der Waals surface area contributed by atoms with E-state index < -0.39 is 6.04 Å². The highest BCUT2D eigenvalue weighted by Crippen LogP contribution is 2.55. The van der Waals surface area contributed by atoms with Crippen molar-refractivity contribution < 1.29 is 14.4 Å². The van der Waals surface area contributed by atoms with Gasteiger partial charge in [0.05, 0.1) is 6.20 Å². The molecule has 0 aromatic carbocycles. The lowest BCUT2D eigenvalue weighted by atomic mass is 9.90. The molecular weight excluding hydrogens is 356 g/mol. The number of carbonyl (C=O) groups excluding carboxylic acids is 3. The third-order valence-corrected chi connectivity index (χ3v) is 6.69. The monoisotopic (exact) mass is 384 g/mol. The van der Waals surface area contributed by atoms with Crippen LogP contribution in [0.1, 0.15) is 57.8 Å². The second-order valence-electron chi connectivity index (χ2n) is 8.75. The number of nitrogens with zero attached hydrogens (tertiary/aromatic N) is 3. The van der Waals surface area contributed by atoms with E-state index in [0.29, 0.717) is 24.7 Å². The van der Waals surface area contributed by atoms with Crippen LogP contribution in [0.15, 0.2) is 18.6 Å². The Bertz CT molecular complexity index is 728. The van der Waals surface area contributed by atoms with E-state index in [9.17, 15) is 14.4 Å². The lowest BCUT2D eigenvalue weighted by molar-refractivity contribution is -0.141. The number of carbonyl (C=O) groups is 3. The van der Waals surface area contributed by atoms with Crippen LogP contribution in [-0.4, -0.2) is 45.6 Å². The maximum atomic E-state index is 13.4. The molecule has 28 heavy (non-hydrogen) atoms. The van der Waals surface area contributed by atoms with Gasteiger partial charge in [0.1, 0.15) is 12.3 Å². The Hall–Kier alpha value is -2.31. The quantitative estimate of drug-likeness (QED) is 0.730. The average Bonchev–Trinajstić information content (AvgIpc) is 3.09. The van der Waals surface area contributed by atoms with Gasteiger partial charge in [0.2, 0.25) is 11.8 Å². The summed E-state index contributed by atoms with van der Waals surface area (Å²) in [5.74, 6) is 0.386.